The zero-order valence-corrected chi connectivity index (χ0v) is 16.2. The van der Waals surface area contributed by atoms with Crippen molar-refractivity contribution < 1.29 is 4.79 Å². The summed E-state index contributed by atoms with van der Waals surface area (Å²) in [6, 6.07) is 12.3. The van der Waals surface area contributed by atoms with Gasteiger partial charge in [0.1, 0.15) is 0 Å². The Morgan fingerprint density at radius 3 is 2.77 bits per heavy atom. The van der Waals surface area contributed by atoms with Crippen molar-refractivity contribution in [3.05, 3.63) is 62.9 Å². The third-order valence-corrected chi connectivity index (χ3v) is 5.58. The van der Waals surface area contributed by atoms with Crippen molar-refractivity contribution >= 4 is 57.5 Å². The molecule has 1 aromatic heterocycles. The Balaban J connectivity index is 1.65. The molecule has 0 bridgehead atoms. The lowest BCUT2D eigenvalue weighted by molar-refractivity contribution is -0.115. The molecule has 26 heavy (non-hydrogen) atoms. The molecule has 1 heterocycles. The van der Waals surface area contributed by atoms with Crippen molar-refractivity contribution in [1.29, 1.82) is 0 Å². The highest BCUT2D eigenvalue weighted by atomic mass is 35.5. The summed E-state index contributed by atoms with van der Waals surface area (Å²) in [5.41, 5.74) is 1.02. The van der Waals surface area contributed by atoms with Crippen molar-refractivity contribution in [2.45, 2.75) is 11.6 Å². The molecule has 1 N–H and O–H groups in total. The van der Waals surface area contributed by atoms with Crippen LogP contribution in [0.2, 0.25) is 10.0 Å². The highest BCUT2D eigenvalue weighted by Crippen LogP contribution is 2.29. The van der Waals surface area contributed by atoms with Crippen molar-refractivity contribution in [2.75, 3.05) is 11.1 Å². The van der Waals surface area contributed by atoms with Crippen LogP contribution in [-0.2, 0) is 11.8 Å². The fraction of sp³-hybridized carbons (Fsp3) is 0.167. The number of fused-ring (bicyclic) bond motifs is 1. The van der Waals surface area contributed by atoms with Gasteiger partial charge in [0.25, 0.3) is 5.56 Å². The van der Waals surface area contributed by atoms with Crippen molar-refractivity contribution in [3.63, 3.8) is 0 Å². The minimum Gasteiger partial charge on any atom is -0.325 e. The number of para-hydroxylation sites is 1. The minimum absolute atomic E-state index is 0.103. The van der Waals surface area contributed by atoms with Crippen LogP contribution >= 0.6 is 35.0 Å². The van der Waals surface area contributed by atoms with E-state index >= 15 is 0 Å². The van der Waals surface area contributed by atoms with E-state index in [1.165, 1.54) is 16.3 Å². The number of benzene rings is 2. The standard InChI is InChI=1S/C18H15Cl2N3O2S/c1-23-17(25)11-5-2-3-7-13(11)22-18(23)26-10-9-15(24)21-14-8-4-6-12(19)16(14)20/h2-8H,9-10H2,1H3,(H,21,24). The smallest absolute Gasteiger partial charge is 0.261 e. The van der Waals surface area contributed by atoms with E-state index in [4.69, 9.17) is 23.2 Å². The van der Waals surface area contributed by atoms with Crippen molar-refractivity contribution in [2.24, 2.45) is 7.05 Å². The summed E-state index contributed by atoms with van der Waals surface area (Å²) < 4.78 is 1.50. The molecule has 3 rings (SSSR count). The molecule has 5 nitrogen and oxygen atoms in total. The largest absolute Gasteiger partial charge is 0.325 e. The number of rotatable bonds is 5. The molecule has 0 atom stereocenters. The molecule has 3 aromatic rings. The SMILES string of the molecule is Cn1c(SCCC(=O)Nc2cccc(Cl)c2Cl)nc2ccccc2c1=O. The molecule has 0 saturated carbocycles. The maximum absolute atomic E-state index is 12.4. The summed E-state index contributed by atoms with van der Waals surface area (Å²) >= 11 is 13.3. The van der Waals surface area contributed by atoms with E-state index in [0.717, 1.165) is 0 Å². The summed E-state index contributed by atoms with van der Waals surface area (Å²) in [7, 11) is 1.68. The molecule has 2 aromatic carbocycles. The molecular formula is C18H15Cl2N3O2S. The predicted octanol–water partition coefficient (Wildman–Crippen LogP) is 4.36. The number of carbonyl (C=O) groups is 1. The average molecular weight is 408 g/mol. The van der Waals surface area contributed by atoms with Gasteiger partial charge in [0.05, 0.1) is 26.6 Å². The number of hydrogen-bond acceptors (Lipinski definition) is 4. The van der Waals surface area contributed by atoms with Crippen LogP contribution in [0.25, 0.3) is 10.9 Å². The number of nitrogens with zero attached hydrogens (tertiary/aromatic N) is 2. The molecule has 0 spiro atoms. The van der Waals surface area contributed by atoms with Crippen molar-refractivity contribution in [1.82, 2.24) is 9.55 Å². The van der Waals surface area contributed by atoms with Gasteiger partial charge in [-0.2, -0.15) is 0 Å². The van der Waals surface area contributed by atoms with E-state index in [1.54, 1.807) is 37.4 Å². The van der Waals surface area contributed by atoms with Gasteiger partial charge in [-0.1, -0.05) is 53.2 Å². The molecule has 0 aliphatic heterocycles. The summed E-state index contributed by atoms with van der Waals surface area (Å²) in [5, 5.41) is 4.58. The molecule has 0 aliphatic carbocycles. The normalized spacial score (nSPS) is 10.9. The van der Waals surface area contributed by atoms with Gasteiger partial charge in [0.2, 0.25) is 5.91 Å². The third-order valence-electron chi connectivity index (χ3n) is 3.73. The first-order valence-corrected chi connectivity index (χ1v) is 9.54. The number of amides is 1. The first-order valence-electron chi connectivity index (χ1n) is 7.80. The lowest BCUT2D eigenvalue weighted by Crippen LogP contribution is -2.20. The van der Waals surface area contributed by atoms with Crippen LogP contribution in [0.3, 0.4) is 0 Å². The highest BCUT2D eigenvalue weighted by Gasteiger charge is 2.11. The maximum Gasteiger partial charge on any atom is 0.261 e. The summed E-state index contributed by atoms with van der Waals surface area (Å²) in [5.74, 6) is 0.287. The minimum atomic E-state index is -0.188. The van der Waals surface area contributed by atoms with E-state index in [2.05, 4.69) is 10.3 Å². The molecule has 8 heteroatoms. The quantitative estimate of drug-likeness (QED) is 0.503. The fourth-order valence-corrected chi connectivity index (χ4v) is 3.63. The number of carbonyl (C=O) groups excluding carboxylic acids is 1. The van der Waals surface area contributed by atoms with Crippen LogP contribution < -0.4 is 10.9 Å². The van der Waals surface area contributed by atoms with Crippen LogP contribution in [0.5, 0.6) is 0 Å². The van der Waals surface area contributed by atoms with Crippen LogP contribution in [0.15, 0.2) is 52.4 Å². The number of anilines is 1. The molecule has 0 radical (unpaired) electrons. The van der Waals surface area contributed by atoms with Gasteiger partial charge in [0.15, 0.2) is 5.16 Å². The third kappa shape index (κ3) is 4.03. The van der Waals surface area contributed by atoms with Gasteiger partial charge >= 0.3 is 0 Å². The van der Waals surface area contributed by atoms with Crippen LogP contribution in [0.1, 0.15) is 6.42 Å². The summed E-state index contributed by atoms with van der Waals surface area (Å²) in [4.78, 5) is 29.0. The first-order chi connectivity index (χ1) is 12.5. The second-order valence-electron chi connectivity index (χ2n) is 5.52. The topological polar surface area (TPSA) is 64.0 Å². The second-order valence-corrected chi connectivity index (χ2v) is 7.37. The Morgan fingerprint density at radius 1 is 1.19 bits per heavy atom. The molecule has 134 valence electrons. The van der Waals surface area contributed by atoms with E-state index in [9.17, 15) is 9.59 Å². The second kappa shape index (κ2) is 8.12. The van der Waals surface area contributed by atoms with Gasteiger partial charge in [-0.3, -0.25) is 14.2 Å². The van der Waals surface area contributed by atoms with Crippen LogP contribution in [-0.4, -0.2) is 21.2 Å². The van der Waals surface area contributed by atoms with Gasteiger partial charge in [-0.25, -0.2) is 4.98 Å². The number of nitrogens with one attached hydrogen (secondary N) is 1. The molecule has 0 saturated heterocycles. The lowest BCUT2D eigenvalue weighted by Gasteiger charge is -2.10. The fourth-order valence-electron chi connectivity index (χ4n) is 2.37. The average Bonchev–Trinajstić information content (AvgIpc) is 2.63. The van der Waals surface area contributed by atoms with E-state index in [-0.39, 0.29) is 17.9 Å². The Kier molecular flexibility index (Phi) is 5.86. The highest BCUT2D eigenvalue weighted by molar-refractivity contribution is 7.99. The van der Waals surface area contributed by atoms with E-state index < -0.39 is 0 Å². The Labute approximate surface area is 164 Å². The zero-order valence-electron chi connectivity index (χ0n) is 13.8. The number of hydrogen-bond donors (Lipinski definition) is 1. The summed E-state index contributed by atoms with van der Waals surface area (Å²) in [6.45, 7) is 0. The molecule has 1 amide bonds. The Morgan fingerprint density at radius 2 is 1.96 bits per heavy atom. The van der Waals surface area contributed by atoms with E-state index in [1.807, 2.05) is 12.1 Å². The van der Waals surface area contributed by atoms with Crippen LogP contribution in [0, 0.1) is 0 Å². The van der Waals surface area contributed by atoms with Crippen molar-refractivity contribution in [3.8, 4) is 0 Å². The number of halogens is 2. The lowest BCUT2D eigenvalue weighted by atomic mass is 10.2. The number of thioether (sulfide) groups is 1. The van der Waals surface area contributed by atoms with Crippen LogP contribution in [0.4, 0.5) is 5.69 Å². The monoisotopic (exact) mass is 407 g/mol. The molecule has 0 unspecified atom stereocenters. The predicted molar refractivity (Wildman–Crippen MR) is 107 cm³/mol. The van der Waals surface area contributed by atoms with Gasteiger partial charge in [-0.15, -0.1) is 0 Å². The Hall–Kier alpha value is -2.02. The molecule has 0 aliphatic rings. The zero-order chi connectivity index (χ0) is 18.7. The Bertz CT molecular complexity index is 1040. The molecule has 0 fully saturated rings. The van der Waals surface area contributed by atoms with Gasteiger partial charge in [-0.05, 0) is 24.3 Å². The first kappa shape index (κ1) is 18.8. The maximum atomic E-state index is 12.4. The molecular weight excluding hydrogens is 393 g/mol. The van der Waals surface area contributed by atoms with Gasteiger partial charge < -0.3 is 5.32 Å². The summed E-state index contributed by atoms with van der Waals surface area (Å²) in [6.07, 6.45) is 0.246. The van der Waals surface area contributed by atoms with Gasteiger partial charge in [0, 0.05) is 19.2 Å². The van der Waals surface area contributed by atoms with E-state index in [0.29, 0.717) is 37.5 Å². The number of aromatic nitrogens is 2.